The highest BCUT2D eigenvalue weighted by molar-refractivity contribution is 5.81. The van der Waals surface area contributed by atoms with Crippen LogP contribution in [0.15, 0.2) is 48.5 Å². The summed E-state index contributed by atoms with van der Waals surface area (Å²) in [5.41, 5.74) is 8.89. The summed E-state index contributed by atoms with van der Waals surface area (Å²) in [7, 11) is 0. The molecule has 0 aliphatic heterocycles. The van der Waals surface area contributed by atoms with Crippen LogP contribution in [0.25, 0.3) is 10.9 Å². The van der Waals surface area contributed by atoms with E-state index in [1.807, 2.05) is 48.5 Å². The molecule has 112 valence electrons. The van der Waals surface area contributed by atoms with Gasteiger partial charge in [-0.2, -0.15) is 0 Å². The van der Waals surface area contributed by atoms with Gasteiger partial charge in [0.1, 0.15) is 5.75 Å². The molecule has 0 aliphatic carbocycles. The highest BCUT2D eigenvalue weighted by atomic mass is 16.5. The van der Waals surface area contributed by atoms with Gasteiger partial charge in [0.15, 0.2) is 0 Å². The van der Waals surface area contributed by atoms with E-state index < -0.39 is 0 Å². The van der Waals surface area contributed by atoms with Crippen LogP contribution in [0, 0.1) is 6.92 Å². The molecule has 4 heteroatoms. The Bertz CT molecular complexity index is 769. The number of rotatable bonds is 5. The topological polar surface area (TPSA) is 61.0 Å². The third-order valence-electron chi connectivity index (χ3n) is 3.55. The Morgan fingerprint density at radius 2 is 1.77 bits per heavy atom. The zero-order valence-electron chi connectivity index (χ0n) is 12.6. The number of fused-ring (bicyclic) bond motifs is 1. The maximum absolute atomic E-state index is 5.78. The molecule has 1 heterocycles. The van der Waals surface area contributed by atoms with Crippen LogP contribution in [0.5, 0.6) is 5.75 Å². The van der Waals surface area contributed by atoms with Gasteiger partial charge in [0, 0.05) is 5.39 Å². The van der Waals surface area contributed by atoms with Crippen molar-refractivity contribution in [3.63, 3.8) is 0 Å². The van der Waals surface area contributed by atoms with Gasteiger partial charge in [-0.05, 0) is 38.0 Å². The van der Waals surface area contributed by atoms with E-state index in [4.69, 9.17) is 10.5 Å². The van der Waals surface area contributed by atoms with Crippen molar-refractivity contribution in [2.45, 2.75) is 19.8 Å². The molecule has 4 nitrogen and oxygen atoms in total. The van der Waals surface area contributed by atoms with Crippen molar-refractivity contribution in [2.75, 3.05) is 12.3 Å². The van der Waals surface area contributed by atoms with Gasteiger partial charge >= 0.3 is 0 Å². The van der Waals surface area contributed by atoms with Gasteiger partial charge in [-0.1, -0.05) is 35.9 Å². The molecule has 2 aromatic carbocycles. The Balaban J connectivity index is 1.63. The fourth-order valence-electron chi connectivity index (χ4n) is 2.42. The molecule has 0 amide bonds. The number of aryl methyl sites for hydroxylation is 2. The zero-order chi connectivity index (χ0) is 15.4. The normalized spacial score (nSPS) is 10.8. The average molecular weight is 293 g/mol. The van der Waals surface area contributed by atoms with Crippen molar-refractivity contribution in [3.8, 4) is 5.75 Å². The molecule has 2 N–H and O–H groups in total. The molecule has 0 fully saturated rings. The number of nitrogens with zero attached hydrogens (tertiary/aromatic N) is 2. The third-order valence-corrected chi connectivity index (χ3v) is 3.55. The van der Waals surface area contributed by atoms with Crippen molar-refractivity contribution in [1.29, 1.82) is 0 Å². The second-order valence-electron chi connectivity index (χ2n) is 5.31. The summed E-state index contributed by atoms with van der Waals surface area (Å²) in [6.45, 7) is 2.72. The van der Waals surface area contributed by atoms with Gasteiger partial charge in [0.25, 0.3) is 0 Å². The molecule has 0 atom stereocenters. The summed E-state index contributed by atoms with van der Waals surface area (Å²) < 4.78 is 5.75. The van der Waals surface area contributed by atoms with Crippen molar-refractivity contribution in [3.05, 3.63) is 59.8 Å². The molecule has 0 unspecified atom stereocenters. The summed E-state index contributed by atoms with van der Waals surface area (Å²) in [5.74, 6) is 1.23. The molecule has 3 aromatic rings. The maximum Gasteiger partial charge on any atom is 0.220 e. The Kier molecular flexibility index (Phi) is 4.19. The SMILES string of the molecule is Cc1ccc(OCCCc2nc(N)nc3ccccc23)cc1. The number of hydrogen-bond acceptors (Lipinski definition) is 4. The maximum atomic E-state index is 5.78. The Morgan fingerprint density at radius 3 is 2.59 bits per heavy atom. The second kappa shape index (κ2) is 6.43. The lowest BCUT2D eigenvalue weighted by molar-refractivity contribution is 0.310. The van der Waals surface area contributed by atoms with Crippen LogP contribution in [0.2, 0.25) is 0 Å². The van der Waals surface area contributed by atoms with Crippen LogP contribution in [-0.2, 0) is 6.42 Å². The largest absolute Gasteiger partial charge is 0.494 e. The summed E-state index contributed by atoms with van der Waals surface area (Å²) in [6, 6.07) is 16.0. The minimum absolute atomic E-state index is 0.327. The van der Waals surface area contributed by atoms with Crippen LogP contribution in [0.3, 0.4) is 0 Å². The first-order valence-corrected chi connectivity index (χ1v) is 7.43. The van der Waals surface area contributed by atoms with Crippen LogP contribution in [-0.4, -0.2) is 16.6 Å². The molecular weight excluding hydrogens is 274 g/mol. The van der Waals surface area contributed by atoms with Gasteiger partial charge in [0.2, 0.25) is 5.95 Å². The first kappa shape index (κ1) is 14.3. The standard InChI is InChI=1S/C18H19N3O/c1-13-8-10-14(11-9-13)22-12-4-7-17-15-5-2-3-6-16(15)20-18(19)21-17/h2-3,5-6,8-11H,4,7,12H2,1H3,(H2,19,20,21). The molecule has 1 aromatic heterocycles. The Hall–Kier alpha value is -2.62. The van der Waals surface area contributed by atoms with Crippen LogP contribution in [0.4, 0.5) is 5.95 Å². The summed E-state index contributed by atoms with van der Waals surface area (Å²) in [6.07, 6.45) is 1.70. The number of hydrogen-bond donors (Lipinski definition) is 1. The Morgan fingerprint density at radius 1 is 1.00 bits per heavy atom. The summed E-state index contributed by atoms with van der Waals surface area (Å²) in [4.78, 5) is 8.62. The molecule has 0 spiro atoms. The van der Waals surface area contributed by atoms with E-state index in [9.17, 15) is 0 Å². The Labute approximate surface area is 130 Å². The van der Waals surface area contributed by atoms with Crippen molar-refractivity contribution >= 4 is 16.9 Å². The predicted molar refractivity (Wildman–Crippen MR) is 88.9 cm³/mol. The van der Waals surface area contributed by atoms with E-state index in [1.54, 1.807) is 0 Å². The first-order valence-electron chi connectivity index (χ1n) is 7.43. The lowest BCUT2D eigenvalue weighted by atomic mass is 10.1. The summed E-state index contributed by atoms with van der Waals surface area (Å²) >= 11 is 0. The number of benzene rings is 2. The highest BCUT2D eigenvalue weighted by Gasteiger charge is 2.05. The van der Waals surface area contributed by atoms with Gasteiger partial charge in [-0.25, -0.2) is 9.97 Å². The molecule has 22 heavy (non-hydrogen) atoms. The van der Waals surface area contributed by atoms with Gasteiger partial charge in [-0.15, -0.1) is 0 Å². The number of aromatic nitrogens is 2. The molecule has 0 saturated carbocycles. The zero-order valence-corrected chi connectivity index (χ0v) is 12.6. The average Bonchev–Trinajstić information content (AvgIpc) is 2.53. The van der Waals surface area contributed by atoms with E-state index in [0.29, 0.717) is 12.6 Å². The van der Waals surface area contributed by atoms with E-state index in [1.165, 1.54) is 5.56 Å². The number of nitrogens with two attached hydrogens (primary N) is 1. The lowest BCUT2D eigenvalue weighted by Gasteiger charge is -2.08. The van der Waals surface area contributed by atoms with E-state index in [0.717, 1.165) is 35.2 Å². The minimum atomic E-state index is 0.327. The second-order valence-corrected chi connectivity index (χ2v) is 5.31. The molecule has 0 bridgehead atoms. The van der Waals surface area contributed by atoms with Gasteiger partial charge in [0.05, 0.1) is 17.8 Å². The van der Waals surface area contributed by atoms with Crippen LogP contribution >= 0.6 is 0 Å². The van der Waals surface area contributed by atoms with E-state index >= 15 is 0 Å². The fraction of sp³-hybridized carbons (Fsp3) is 0.222. The molecular formula is C18H19N3O. The third kappa shape index (κ3) is 3.34. The van der Waals surface area contributed by atoms with Crippen molar-refractivity contribution in [1.82, 2.24) is 9.97 Å². The monoisotopic (exact) mass is 293 g/mol. The lowest BCUT2D eigenvalue weighted by Crippen LogP contribution is -2.04. The number of anilines is 1. The van der Waals surface area contributed by atoms with Crippen LogP contribution < -0.4 is 10.5 Å². The fourth-order valence-corrected chi connectivity index (χ4v) is 2.42. The smallest absolute Gasteiger partial charge is 0.220 e. The van der Waals surface area contributed by atoms with Gasteiger partial charge in [-0.3, -0.25) is 0 Å². The number of para-hydroxylation sites is 1. The highest BCUT2D eigenvalue weighted by Crippen LogP contribution is 2.18. The van der Waals surface area contributed by atoms with Crippen LogP contribution in [0.1, 0.15) is 17.7 Å². The number of ether oxygens (including phenoxy) is 1. The van der Waals surface area contributed by atoms with E-state index in [2.05, 4.69) is 16.9 Å². The molecule has 0 aliphatic rings. The van der Waals surface area contributed by atoms with Gasteiger partial charge < -0.3 is 10.5 Å². The quantitative estimate of drug-likeness (QED) is 0.731. The molecule has 3 rings (SSSR count). The molecule has 0 saturated heterocycles. The molecule has 0 radical (unpaired) electrons. The summed E-state index contributed by atoms with van der Waals surface area (Å²) in [5, 5.41) is 1.06. The number of nitrogen functional groups attached to an aromatic ring is 1. The first-order chi connectivity index (χ1) is 10.7. The van der Waals surface area contributed by atoms with Crippen molar-refractivity contribution < 1.29 is 4.74 Å². The predicted octanol–water partition coefficient (Wildman–Crippen LogP) is 3.53. The van der Waals surface area contributed by atoms with Crippen molar-refractivity contribution in [2.24, 2.45) is 0 Å². The van der Waals surface area contributed by atoms with E-state index in [-0.39, 0.29) is 0 Å². The minimum Gasteiger partial charge on any atom is -0.494 e.